The molecule has 1 saturated carbocycles. The average molecular weight is 272 g/mol. The molecule has 1 heterocycles. The molecule has 0 aliphatic heterocycles. The van der Waals surface area contributed by atoms with Crippen LogP contribution in [0.1, 0.15) is 30.1 Å². The zero-order valence-corrected chi connectivity index (χ0v) is 11.4. The van der Waals surface area contributed by atoms with E-state index in [-0.39, 0.29) is 5.82 Å². The molecule has 0 bridgehead atoms. The Labute approximate surface area is 117 Å². The maximum atomic E-state index is 13.6. The first-order valence-corrected chi connectivity index (χ1v) is 6.80. The molecule has 0 spiro atoms. The molecule has 2 aromatic rings. The van der Waals surface area contributed by atoms with Gasteiger partial charge in [-0.2, -0.15) is 0 Å². The van der Waals surface area contributed by atoms with E-state index in [1.807, 2.05) is 19.2 Å². The SMILES string of the molecule is CNc1cc(NCc2ccccc2F)nc(C2CC2)n1. The Bertz CT molecular complexity index is 611. The van der Waals surface area contributed by atoms with Crippen molar-refractivity contribution in [3.8, 4) is 0 Å². The van der Waals surface area contributed by atoms with Crippen molar-refractivity contribution in [3.63, 3.8) is 0 Å². The van der Waals surface area contributed by atoms with Crippen LogP contribution >= 0.6 is 0 Å². The minimum Gasteiger partial charge on any atom is -0.373 e. The molecule has 1 aliphatic rings. The Balaban J connectivity index is 1.76. The van der Waals surface area contributed by atoms with E-state index in [9.17, 15) is 4.39 Å². The van der Waals surface area contributed by atoms with Gasteiger partial charge in [-0.3, -0.25) is 0 Å². The molecule has 104 valence electrons. The second kappa shape index (κ2) is 5.45. The first-order chi connectivity index (χ1) is 9.76. The van der Waals surface area contributed by atoms with E-state index in [1.165, 1.54) is 6.07 Å². The molecule has 3 rings (SSSR count). The van der Waals surface area contributed by atoms with Crippen LogP contribution in [0.25, 0.3) is 0 Å². The van der Waals surface area contributed by atoms with Gasteiger partial charge in [-0.1, -0.05) is 18.2 Å². The molecule has 0 saturated heterocycles. The van der Waals surface area contributed by atoms with Crippen LogP contribution in [0.5, 0.6) is 0 Å². The van der Waals surface area contributed by atoms with Gasteiger partial charge >= 0.3 is 0 Å². The van der Waals surface area contributed by atoms with Crippen molar-refractivity contribution in [2.45, 2.75) is 25.3 Å². The topological polar surface area (TPSA) is 49.8 Å². The maximum Gasteiger partial charge on any atom is 0.136 e. The van der Waals surface area contributed by atoms with Crippen LogP contribution in [-0.4, -0.2) is 17.0 Å². The van der Waals surface area contributed by atoms with Gasteiger partial charge in [0.25, 0.3) is 0 Å². The minimum atomic E-state index is -0.203. The Morgan fingerprint density at radius 1 is 1.20 bits per heavy atom. The zero-order valence-electron chi connectivity index (χ0n) is 11.4. The number of halogens is 1. The van der Waals surface area contributed by atoms with Crippen molar-refractivity contribution >= 4 is 11.6 Å². The van der Waals surface area contributed by atoms with Gasteiger partial charge in [-0.05, 0) is 18.9 Å². The van der Waals surface area contributed by atoms with E-state index in [0.29, 0.717) is 18.0 Å². The van der Waals surface area contributed by atoms with Crippen LogP contribution in [-0.2, 0) is 6.54 Å². The summed E-state index contributed by atoms with van der Waals surface area (Å²) in [6, 6.07) is 8.59. The molecular formula is C15H17FN4. The molecule has 2 N–H and O–H groups in total. The van der Waals surface area contributed by atoms with E-state index in [0.717, 1.165) is 30.3 Å². The Morgan fingerprint density at radius 2 is 1.95 bits per heavy atom. The van der Waals surface area contributed by atoms with Crippen LogP contribution in [0.2, 0.25) is 0 Å². The third-order valence-corrected chi connectivity index (χ3v) is 3.36. The van der Waals surface area contributed by atoms with Crippen LogP contribution < -0.4 is 10.6 Å². The third-order valence-electron chi connectivity index (χ3n) is 3.36. The first kappa shape index (κ1) is 12.8. The number of hydrogen-bond acceptors (Lipinski definition) is 4. The fourth-order valence-electron chi connectivity index (χ4n) is 2.04. The summed E-state index contributed by atoms with van der Waals surface area (Å²) in [7, 11) is 1.83. The Morgan fingerprint density at radius 3 is 2.65 bits per heavy atom. The van der Waals surface area contributed by atoms with Crippen LogP contribution in [0.4, 0.5) is 16.0 Å². The number of aromatic nitrogens is 2. The second-order valence-corrected chi connectivity index (χ2v) is 4.97. The number of rotatable bonds is 5. The second-order valence-electron chi connectivity index (χ2n) is 4.97. The fourth-order valence-corrected chi connectivity index (χ4v) is 2.04. The molecule has 20 heavy (non-hydrogen) atoms. The quantitative estimate of drug-likeness (QED) is 0.878. The minimum absolute atomic E-state index is 0.203. The molecule has 0 atom stereocenters. The van der Waals surface area contributed by atoms with E-state index in [1.54, 1.807) is 12.1 Å². The van der Waals surface area contributed by atoms with E-state index in [2.05, 4.69) is 20.6 Å². The smallest absolute Gasteiger partial charge is 0.136 e. The number of anilines is 2. The summed E-state index contributed by atoms with van der Waals surface area (Å²) in [6.07, 6.45) is 2.31. The van der Waals surface area contributed by atoms with Gasteiger partial charge in [0.2, 0.25) is 0 Å². The average Bonchev–Trinajstić information content (AvgIpc) is 3.31. The highest BCUT2D eigenvalue weighted by atomic mass is 19.1. The molecule has 1 fully saturated rings. The Hall–Kier alpha value is -2.17. The van der Waals surface area contributed by atoms with E-state index >= 15 is 0 Å². The molecule has 1 aromatic carbocycles. The van der Waals surface area contributed by atoms with Crippen LogP contribution in [0, 0.1) is 5.82 Å². The highest BCUT2D eigenvalue weighted by molar-refractivity contribution is 5.48. The van der Waals surface area contributed by atoms with Crippen molar-refractivity contribution in [3.05, 3.63) is 47.5 Å². The van der Waals surface area contributed by atoms with Gasteiger partial charge in [0.1, 0.15) is 23.3 Å². The number of nitrogens with zero attached hydrogens (tertiary/aromatic N) is 2. The van der Waals surface area contributed by atoms with Crippen LogP contribution in [0.3, 0.4) is 0 Å². The van der Waals surface area contributed by atoms with Crippen molar-refractivity contribution in [1.82, 2.24) is 9.97 Å². The van der Waals surface area contributed by atoms with Gasteiger partial charge in [0.05, 0.1) is 0 Å². The number of hydrogen-bond donors (Lipinski definition) is 2. The largest absolute Gasteiger partial charge is 0.373 e. The molecule has 1 aromatic heterocycles. The summed E-state index contributed by atoms with van der Waals surface area (Å²) >= 11 is 0. The molecule has 1 aliphatic carbocycles. The summed E-state index contributed by atoms with van der Waals surface area (Å²) in [5.74, 6) is 2.67. The number of nitrogens with one attached hydrogen (secondary N) is 2. The van der Waals surface area contributed by atoms with E-state index in [4.69, 9.17) is 0 Å². The summed E-state index contributed by atoms with van der Waals surface area (Å²) in [4.78, 5) is 8.95. The summed E-state index contributed by atoms with van der Waals surface area (Å²) in [5, 5.41) is 6.20. The van der Waals surface area contributed by atoms with Gasteiger partial charge in [0.15, 0.2) is 0 Å². The van der Waals surface area contributed by atoms with Crippen molar-refractivity contribution in [1.29, 1.82) is 0 Å². The van der Waals surface area contributed by atoms with Gasteiger partial charge in [-0.25, -0.2) is 14.4 Å². The lowest BCUT2D eigenvalue weighted by molar-refractivity contribution is 0.613. The molecular weight excluding hydrogens is 255 g/mol. The highest BCUT2D eigenvalue weighted by Crippen LogP contribution is 2.38. The molecule has 0 radical (unpaired) electrons. The lowest BCUT2D eigenvalue weighted by Gasteiger charge is -2.10. The molecule has 0 unspecified atom stereocenters. The van der Waals surface area contributed by atoms with Gasteiger partial charge in [0, 0.05) is 31.1 Å². The predicted molar refractivity (Wildman–Crippen MR) is 77.3 cm³/mol. The zero-order chi connectivity index (χ0) is 13.9. The highest BCUT2D eigenvalue weighted by Gasteiger charge is 2.27. The fraction of sp³-hybridized carbons (Fsp3) is 0.333. The number of benzene rings is 1. The molecule has 0 amide bonds. The maximum absolute atomic E-state index is 13.6. The normalized spacial score (nSPS) is 14.1. The van der Waals surface area contributed by atoms with Crippen LogP contribution in [0.15, 0.2) is 30.3 Å². The van der Waals surface area contributed by atoms with Crippen molar-refractivity contribution in [2.24, 2.45) is 0 Å². The lowest BCUT2D eigenvalue weighted by atomic mass is 10.2. The monoisotopic (exact) mass is 272 g/mol. The third kappa shape index (κ3) is 2.87. The molecule has 4 nitrogen and oxygen atoms in total. The standard InChI is InChI=1S/C15H17FN4/c1-17-13-8-14(20-15(19-13)10-6-7-10)18-9-11-4-2-3-5-12(11)16/h2-5,8,10H,6-7,9H2,1H3,(H2,17,18,19,20). The van der Waals surface area contributed by atoms with Gasteiger partial charge in [-0.15, -0.1) is 0 Å². The van der Waals surface area contributed by atoms with Crippen molar-refractivity contribution < 1.29 is 4.39 Å². The predicted octanol–water partition coefficient (Wildman–Crippen LogP) is 3.15. The first-order valence-electron chi connectivity index (χ1n) is 6.80. The summed E-state index contributed by atoms with van der Waals surface area (Å²) in [6.45, 7) is 0.414. The van der Waals surface area contributed by atoms with E-state index < -0.39 is 0 Å². The summed E-state index contributed by atoms with van der Waals surface area (Å²) in [5.41, 5.74) is 0.630. The van der Waals surface area contributed by atoms with Crippen molar-refractivity contribution in [2.75, 3.05) is 17.7 Å². The lowest BCUT2D eigenvalue weighted by Crippen LogP contribution is -2.07. The van der Waals surface area contributed by atoms with Gasteiger partial charge < -0.3 is 10.6 Å². The molecule has 5 heteroatoms. The summed E-state index contributed by atoms with van der Waals surface area (Å²) < 4.78 is 13.6. The Kier molecular flexibility index (Phi) is 3.50.